The van der Waals surface area contributed by atoms with Crippen LogP contribution >= 0.6 is 0 Å². The van der Waals surface area contributed by atoms with Crippen LogP contribution in [-0.4, -0.2) is 46.8 Å². The fraction of sp³-hybridized carbons (Fsp3) is 1.00. The molecule has 1 fully saturated rings. The largest absolute Gasteiger partial charge is 0.394 e. The molecule has 0 bridgehead atoms. The molecule has 0 radical (unpaired) electrons. The number of aliphatic hydroxyl groups is 2. The molecule has 1 saturated heterocycles. The maximum Gasteiger partial charge on any atom is 0.294 e. The molecule has 0 aromatic heterocycles. The van der Waals surface area contributed by atoms with Crippen molar-refractivity contribution >= 4 is 0 Å². The van der Waals surface area contributed by atoms with Gasteiger partial charge in [0.15, 0.2) is 6.10 Å². The second kappa shape index (κ2) is 3.65. The summed E-state index contributed by atoms with van der Waals surface area (Å²) in [4.78, 5) is 13.9. The minimum absolute atomic E-state index is 0.0760. The molecule has 70 valence electrons. The summed E-state index contributed by atoms with van der Waals surface area (Å²) in [6.07, 6.45) is -2.91. The minimum Gasteiger partial charge on any atom is -0.394 e. The van der Waals surface area contributed by atoms with Crippen LogP contribution in [0.25, 0.3) is 0 Å². The average molecular weight is 179 g/mol. The molecule has 0 amide bonds. The SMILES string of the molecule is O=[N+]([O-])O[C@H]1CO[C@H](CO)[C@@H]1O. The van der Waals surface area contributed by atoms with Gasteiger partial charge in [-0.25, -0.2) is 0 Å². The van der Waals surface area contributed by atoms with Crippen molar-refractivity contribution in [1.29, 1.82) is 0 Å². The van der Waals surface area contributed by atoms with Crippen molar-refractivity contribution in [3.63, 3.8) is 0 Å². The van der Waals surface area contributed by atoms with E-state index in [1.165, 1.54) is 0 Å². The third-order valence-corrected chi connectivity index (χ3v) is 1.64. The zero-order valence-corrected chi connectivity index (χ0v) is 6.12. The predicted octanol–water partition coefficient (Wildman–Crippen LogP) is -1.68. The van der Waals surface area contributed by atoms with Crippen molar-refractivity contribution in [3.8, 4) is 0 Å². The summed E-state index contributed by atoms with van der Waals surface area (Å²) in [6, 6.07) is 0. The molecule has 1 heterocycles. The van der Waals surface area contributed by atoms with E-state index in [0.717, 1.165) is 0 Å². The first kappa shape index (κ1) is 9.17. The molecule has 1 aliphatic rings. The third-order valence-electron chi connectivity index (χ3n) is 1.64. The fourth-order valence-electron chi connectivity index (χ4n) is 1.02. The van der Waals surface area contributed by atoms with Crippen LogP contribution in [0.4, 0.5) is 0 Å². The summed E-state index contributed by atoms with van der Waals surface area (Å²) in [5.41, 5.74) is 0. The van der Waals surface area contributed by atoms with Crippen molar-refractivity contribution in [2.24, 2.45) is 0 Å². The number of aliphatic hydroxyl groups excluding tert-OH is 2. The second-order valence-corrected chi connectivity index (χ2v) is 2.41. The Labute approximate surface area is 67.6 Å². The quantitative estimate of drug-likeness (QED) is 0.396. The van der Waals surface area contributed by atoms with Crippen LogP contribution in [0.5, 0.6) is 0 Å². The van der Waals surface area contributed by atoms with Gasteiger partial charge in [-0.2, -0.15) is 0 Å². The van der Waals surface area contributed by atoms with E-state index < -0.39 is 23.4 Å². The van der Waals surface area contributed by atoms with Crippen molar-refractivity contribution in [2.75, 3.05) is 13.2 Å². The van der Waals surface area contributed by atoms with Crippen molar-refractivity contribution in [2.45, 2.75) is 18.3 Å². The minimum atomic E-state index is -1.14. The number of rotatable bonds is 3. The van der Waals surface area contributed by atoms with Gasteiger partial charge in [0.2, 0.25) is 0 Å². The molecule has 0 aliphatic carbocycles. The Bertz CT molecular complexity index is 173. The molecule has 0 unspecified atom stereocenters. The van der Waals surface area contributed by atoms with Gasteiger partial charge in [0.25, 0.3) is 5.09 Å². The molecule has 2 N–H and O–H groups in total. The molecule has 1 aliphatic heterocycles. The Hall–Kier alpha value is -0.920. The van der Waals surface area contributed by atoms with Gasteiger partial charge in [-0.15, -0.1) is 10.1 Å². The van der Waals surface area contributed by atoms with Gasteiger partial charge in [-0.3, -0.25) is 0 Å². The molecule has 0 saturated carbocycles. The van der Waals surface area contributed by atoms with E-state index in [4.69, 9.17) is 9.84 Å². The van der Waals surface area contributed by atoms with Gasteiger partial charge in [0.05, 0.1) is 13.2 Å². The van der Waals surface area contributed by atoms with Crippen molar-refractivity contribution in [1.82, 2.24) is 0 Å². The van der Waals surface area contributed by atoms with E-state index in [-0.39, 0.29) is 13.2 Å². The Morgan fingerprint density at radius 2 is 2.42 bits per heavy atom. The van der Waals surface area contributed by atoms with Crippen LogP contribution in [0.3, 0.4) is 0 Å². The Morgan fingerprint density at radius 1 is 1.75 bits per heavy atom. The van der Waals surface area contributed by atoms with Crippen LogP contribution < -0.4 is 0 Å². The Morgan fingerprint density at radius 3 is 2.83 bits per heavy atom. The van der Waals surface area contributed by atoms with Gasteiger partial charge in [0, 0.05) is 0 Å². The molecule has 7 nitrogen and oxygen atoms in total. The van der Waals surface area contributed by atoms with E-state index in [9.17, 15) is 15.2 Å². The van der Waals surface area contributed by atoms with E-state index in [1.807, 2.05) is 0 Å². The van der Waals surface area contributed by atoms with E-state index in [2.05, 4.69) is 4.84 Å². The van der Waals surface area contributed by atoms with Crippen LogP contribution in [0, 0.1) is 10.1 Å². The van der Waals surface area contributed by atoms with Gasteiger partial charge < -0.3 is 19.8 Å². The van der Waals surface area contributed by atoms with Gasteiger partial charge in [-0.1, -0.05) is 0 Å². The first-order valence-electron chi connectivity index (χ1n) is 3.37. The zero-order chi connectivity index (χ0) is 9.14. The van der Waals surface area contributed by atoms with Crippen LogP contribution in [0.15, 0.2) is 0 Å². The lowest BCUT2D eigenvalue weighted by Gasteiger charge is -2.13. The summed E-state index contributed by atoms with van der Waals surface area (Å²) in [5.74, 6) is 0. The first-order chi connectivity index (χ1) is 5.65. The van der Waals surface area contributed by atoms with E-state index >= 15 is 0 Å². The van der Waals surface area contributed by atoms with Gasteiger partial charge in [0.1, 0.15) is 12.2 Å². The highest BCUT2D eigenvalue weighted by Gasteiger charge is 2.37. The number of hydrogen-bond donors (Lipinski definition) is 2. The Kier molecular flexibility index (Phi) is 2.79. The lowest BCUT2D eigenvalue weighted by Crippen LogP contribution is -2.35. The number of nitrogens with zero attached hydrogens (tertiary/aromatic N) is 1. The standard InChI is InChI=1S/C5H9NO6/c7-1-3-5(8)4(2-11-3)12-6(9)10/h3-5,7-8H,1-2H2/t3-,4+,5+/m1/s1. The van der Waals surface area contributed by atoms with Crippen molar-refractivity contribution < 1.29 is 24.9 Å². The highest BCUT2D eigenvalue weighted by molar-refractivity contribution is 4.82. The molecule has 12 heavy (non-hydrogen) atoms. The maximum atomic E-state index is 9.85. The van der Waals surface area contributed by atoms with Crippen LogP contribution in [0.1, 0.15) is 0 Å². The van der Waals surface area contributed by atoms with Crippen LogP contribution in [0.2, 0.25) is 0 Å². The molecular formula is C5H9NO6. The molecule has 0 aromatic rings. The summed E-state index contributed by atoms with van der Waals surface area (Å²) in [6.45, 7) is -0.452. The molecule has 0 spiro atoms. The third kappa shape index (κ3) is 1.81. The summed E-state index contributed by atoms with van der Waals surface area (Å²) in [5, 5.41) is 26.6. The van der Waals surface area contributed by atoms with Gasteiger partial charge in [-0.05, 0) is 0 Å². The van der Waals surface area contributed by atoms with Crippen LogP contribution in [-0.2, 0) is 9.57 Å². The molecule has 1 rings (SSSR count). The summed E-state index contributed by atoms with van der Waals surface area (Å²) < 4.78 is 4.80. The van der Waals surface area contributed by atoms with E-state index in [1.54, 1.807) is 0 Å². The monoisotopic (exact) mass is 179 g/mol. The van der Waals surface area contributed by atoms with E-state index in [0.29, 0.717) is 0 Å². The van der Waals surface area contributed by atoms with Crippen molar-refractivity contribution in [3.05, 3.63) is 10.1 Å². The smallest absolute Gasteiger partial charge is 0.294 e. The number of ether oxygens (including phenoxy) is 1. The predicted molar refractivity (Wildman–Crippen MR) is 34.7 cm³/mol. The fourth-order valence-corrected chi connectivity index (χ4v) is 1.02. The molecule has 3 atom stereocenters. The molecule has 0 aromatic carbocycles. The summed E-state index contributed by atoms with van der Waals surface area (Å²) >= 11 is 0. The lowest BCUT2D eigenvalue weighted by molar-refractivity contribution is -0.769. The molecule has 7 heteroatoms. The Balaban J connectivity index is 2.43. The van der Waals surface area contributed by atoms with Gasteiger partial charge >= 0.3 is 0 Å². The highest BCUT2D eigenvalue weighted by atomic mass is 17.0. The summed E-state index contributed by atoms with van der Waals surface area (Å²) in [7, 11) is 0. The highest BCUT2D eigenvalue weighted by Crippen LogP contribution is 2.16. The molecular weight excluding hydrogens is 170 g/mol. The normalized spacial score (nSPS) is 35.0. The topological polar surface area (TPSA) is 102 Å². The number of hydrogen-bond acceptors (Lipinski definition) is 6. The average Bonchev–Trinajstić information content (AvgIpc) is 2.32. The lowest BCUT2D eigenvalue weighted by atomic mass is 10.2. The first-order valence-corrected chi connectivity index (χ1v) is 3.37. The zero-order valence-electron chi connectivity index (χ0n) is 6.12. The maximum absolute atomic E-state index is 9.85. The second-order valence-electron chi connectivity index (χ2n) is 2.41.